The summed E-state index contributed by atoms with van der Waals surface area (Å²) in [5, 5.41) is 0.395. The molecule has 3 heteroatoms. The van der Waals surface area contributed by atoms with Crippen molar-refractivity contribution in [2.24, 2.45) is 5.73 Å². The number of ether oxygens (including phenoxy) is 1. The Morgan fingerprint density at radius 1 is 1.39 bits per heavy atom. The minimum absolute atomic E-state index is 0.222. The second-order valence-corrected chi connectivity index (χ2v) is 5.87. The highest BCUT2D eigenvalue weighted by molar-refractivity contribution is 7.99. The first kappa shape index (κ1) is 15.5. The summed E-state index contributed by atoms with van der Waals surface area (Å²) in [5.74, 6) is 1.10. The molecule has 0 spiro atoms. The molecule has 1 aromatic carbocycles. The van der Waals surface area contributed by atoms with Gasteiger partial charge in [-0.05, 0) is 31.1 Å². The molecule has 0 aromatic heterocycles. The molecule has 0 heterocycles. The summed E-state index contributed by atoms with van der Waals surface area (Å²) in [4.78, 5) is 0. The monoisotopic (exact) mass is 267 g/mol. The van der Waals surface area contributed by atoms with Crippen molar-refractivity contribution in [3.8, 4) is 0 Å². The van der Waals surface area contributed by atoms with Crippen molar-refractivity contribution in [3.05, 3.63) is 35.4 Å². The van der Waals surface area contributed by atoms with E-state index in [0.717, 1.165) is 25.2 Å². The van der Waals surface area contributed by atoms with Crippen LogP contribution in [0.3, 0.4) is 0 Å². The first-order valence-corrected chi connectivity index (χ1v) is 7.66. The largest absolute Gasteiger partial charge is 0.385 e. The summed E-state index contributed by atoms with van der Waals surface area (Å²) in [6, 6.07) is 8.92. The Morgan fingerprint density at radius 3 is 2.78 bits per heavy atom. The molecule has 1 aromatic rings. The number of hydrogen-bond acceptors (Lipinski definition) is 3. The first-order chi connectivity index (χ1) is 8.69. The average molecular weight is 267 g/mol. The molecular weight excluding hydrogens is 242 g/mol. The molecule has 0 aliphatic rings. The van der Waals surface area contributed by atoms with Gasteiger partial charge >= 0.3 is 0 Å². The van der Waals surface area contributed by atoms with Crippen LogP contribution >= 0.6 is 11.8 Å². The number of rotatable bonds is 8. The van der Waals surface area contributed by atoms with E-state index in [0.29, 0.717) is 5.25 Å². The molecule has 18 heavy (non-hydrogen) atoms. The lowest BCUT2D eigenvalue weighted by Gasteiger charge is -2.23. The zero-order chi connectivity index (χ0) is 13.4. The quantitative estimate of drug-likeness (QED) is 0.732. The van der Waals surface area contributed by atoms with Gasteiger partial charge in [-0.25, -0.2) is 0 Å². The van der Waals surface area contributed by atoms with E-state index < -0.39 is 0 Å². The summed E-state index contributed by atoms with van der Waals surface area (Å²) in [6.45, 7) is 5.12. The molecular formula is C15H25NOS. The second-order valence-electron chi connectivity index (χ2n) is 4.62. The summed E-state index contributed by atoms with van der Waals surface area (Å²) in [7, 11) is 1.75. The molecule has 0 aliphatic heterocycles. The molecule has 0 saturated heterocycles. The highest BCUT2D eigenvalue weighted by Crippen LogP contribution is 2.33. The lowest BCUT2D eigenvalue weighted by Crippen LogP contribution is -2.26. The fraction of sp³-hybridized carbons (Fsp3) is 0.600. The van der Waals surface area contributed by atoms with Crippen LogP contribution in [0.5, 0.6) is 0 Å². The van der Waals surface area contributed by atoms with Crippen LogP contribution < -0.4 is 5.73 Å². The maximum Gasteiger partial charge on any atom is 0.0470 e. The molecule has 102 valence electrons. The van der Waals surface area contributed by atoms with Crippen molar-refractivity contribution >= 4 is 11.8 Å². The Bertz CT molecular complexity index is 343. The van der Waals surface area contributed by atoms with Crippen LogP contribution in [0, 0.1) is 6.92 Å². The van der Waals surface area contributed by atoms with Crippen molar-refractivity contribution < 1.29 is 4.74 Å². The van der Waals surface area contributed by atoms with Crippen LogP contribution in [0.25, 0.3) is 0 Å². The van der Waals surface area contributed by atoms with Gasteiger partial charge in [-0.3, -0.25) is 0 Å². The van der Waals surface area contributed by atoms with E-state index in [4.69, 9.17) is 10.5 Å². The maximum atomic E-state index is 6.26. The Kier molecular flexibility index (Phi) is 7.40. The molecule has 2 atom stereocenters. The summed E-state index contributed by atoms with van der Waals surface area (Å²) in [5.41, 5.74) is 8.92. The zero-order valence-electron chi connectivity index (χ0n) is 11.7. The van der Waals surface area contributed by atoms with Crippen molar-refractivity contribution in [1.82, 2.24) is 0 Å². The van der Waals surface area contributed by atoms with Crippen LogP contribution in [0.2, 0.25) is 0 Å². The summed E-state index contributed by atoms with van der Waals surface area (Å²) < 4.78 is 5.09. The van der Waals surface area contributed by atoms with Crippen molar-refractivity contribution in [3.63, 3.8) is 0 Å². The fourth-order valence-corrected chi connectivity index (χ4v) is 3.26. The van der Waals surface area contributed by atoms with E-state index in [1.165, 1.54) is 11.1 Å². The standard InChI is InChI=1S/C15H25NOS/c1-4-14(16)15(18-10-6-9-17-3)13-8-5-7-12(2)11-13/h5,7-8,11,14-15H,4,6,9-10,16H2,1-3H3. The third-order valence-corrected chi connectivity index (χ3v) is 4.53. The number of thioether (sulfide) groups is 1. The zero-order valence-corrected chi connectivity index (χ0v) is 12.5. The second kappa shape index (κ2) is 8.57. The highest BCUT2D eigenvalue weighted by atomic mass is 32.2. The number of methoxy groups -OCH3 is 1. The van der Waals surface area contributed by atoms with Gasteiger partial charge in [-0.15, -0.1) is 0 Å². The fourth-order valence-electron chi connectivity index (χ4n) is 1.94. The van der Waals surface area contributed by atoms with Crippen LogP contribution in [0.15, 0.2) is 24.3 Å². The molecule has 2 unspecified atom stereocenters. The SMILES string of the molecule is CCC(N)C(SCCCOC)c1cccc(C)c1. The Labute approximate surface area is 115 Å². The third kappa shape index (κ3) is 5.01. The number of benzene rings is 1. The molecule has 0 fully saturated rings. The van der Waals surface area contributed by atoms with Crippen molar-refractivity contribution in [2.75, 3.05) is 19.5 Å². The smallest absolute Gasteiger partial charge is 0.0470 e. The van der Waals surface area contributed by atoms with Gasteiger partial charge in [-0.1, -0.05) is 36.8 Å². The van der Waals surface area contributed by atoms with Gasteiger partial charge in [-0.2, -0.15) is 11.8 Å². The molecule has 0 amide bonds. The van der Waals surface area contributed by atoms with Gasteiger partial charge in [0, 0.05) is 25.0 Å². The van der Waals surface area contributed by atoms with E-state index in [-0.39, 0.29) is 6.04 Å². The molecule has 2 nitrogen and oxygen atoms in total. The summed E-state index contributed by atoms with van der Waals surface area (Å²) >= 11 is 1.95. The normalized spacial score (nSPS) is 14.4. The van der Waals surface area contributed by atoms with Crippen LogP contribution in [0.1, 0.15) is 36.1 Å². The molecule has 1 rings (SSSR count). The summed E-state index contributed by atoms with van der Waals surface area (Å²) in [6.07, 6.45) is 2.09. The van der Waals surface area contributed by atoms with Gasteiger partial charge < -0.3 is 10.5 Å². The first-order valence-electron chi connectivity index (χ1n) is 6.61. The Morgan fingerprint density at radius 2 is 2.17 bits per heavy atom. The number of hydrogen-bond donors (Lipinski definition) is 1. The Balaban J connectivity index is 2.66. The van der Waals surface area contributed by atoms with Gasteiger partial charge in [0.2, 0.25) is 0 Å². The average Bonchev–Trinajstić information content (AvgIpc) is 2.38. The van der Waals surface area contributed by atoms with E-state index in [1.54, 1.807) is 7.11 Å². The molecule has 0 aliphatic carbocycles. The van der Waals surface area contributed by atoms with Gasteiger partial charge in [0.1, 0.15) is 0 Å². The van der Waals surface area contributed by atoms with Gasteiger partial charge in [0.15, 0.2) is 0 Å². The predicted molar refractivity (Wildman–Crippen MR) is 81.1 cm³/mol. The number of nitrogens with two attached hydrogens (primary N) is 1. The molecule has 0 bridgehead atoms. The maximum absolute atomic E-state index is 6.26. The van der Waals surface area contributed by atoms with E-state index in [1.807, 2.05) is 11.8 Å². The van der Waals surface area contributed by atoms with Crippen molar-refractivity contribution in [2.45, 2.75) is 38.0 Å². The van der Waals surface area contributed by atoms with Crippen molar-refractivity contribution in [1.29, 1.82) is 0 Å². The lowest BCUT2D eigenvalue weighted by atomic mass is 10.0. The molecule has 2 N–H and O–H groups in total. The van der Waals surface area contributed by atoms with E-state index >= 15 is 0 Å². The Hall–Kier alpha value is -0.510. The lowest BCUT2D eigenvalue weighted by molar-refractivity contribution is 0.200. The predicted octanol–water partition coefficient (Wildman–Crippen LogP) is 3.54. The van der Waals surface area contributed by atoms with Crippen LogP contribution in [0.4, 0.5) is 0 Å². The third-order valence-electron chi connectivity index (χ3n) is 3.02. The van der Waals surface area contributed by atoms with Crippen LogP contribution in [-0.2, 0) is 4.74 Å². The topological polar surface area (TPSA) is 35.2 Å². The van der Waals surface area contributed by atoms with E-state index in [2.05, 4.69) is 38.1 Å². The molecule has 0 saturated carbocycles. The van der Waals surface area contributed by atoms with Gasteiger partial charge in [0.25, 0.3) is 0 Å². The van der Waals surface area contributed by atoms with E-state index in [9.17, 15) is 0 Å². The van der Waals surface area contributed by atoms with Crippen LogP contribution in [-0.4, -0.2) is 25.5 Å². The number of aryl methyl sites for hydroxylation is 1. The highest BCUT2D eigenvalue weighted by Gasteiger charge is 2.18. The van der Waals surface area contributed by atoms with Gasteiger partial charge in [0.05, 0.1) is 0 Å². The molecule has 0 radical (unpaired) electrons. The minimum Gasteiger partial charge on any atom is -0.385 e. The minimum atomic E-state index is 0.222.